The molecule has 3 aromatic rings. The molecule has 1 atom stereocenters. The molecule has 0 spiro atoms. The number of nitrogens with two attached hydrogens (primary N) is 1. The Morgan fingerprint density at radius 2 is 1.95 bits per heavy atom. The normalized spacial score (nSPS) is 18.2. The van der Waals surface area contributed by atoms with Crippen molar-refractivity contribution in [3.05, 3.63) is 88.9 Å². The summed E-state index contributed by atoms with van der Waals surface area (Å²) in [5.74, 6) is 0.106. The van der Waals surface area contributed by atoms with E-state index in [-0.39, 0.29) is 34.3 Å². The summed E-state index contributed by atoms with van der Waals surface area (Å²) >= 11 is 2.49. The van der Waals surface area contributed by atoms with Gasteiger partial charge in [0, 0.05) is 23.6 Å². The summed E-state index contributed by atoms with van der Waals surface area (Å²) in [6.07, 6.45) is 4.74. The van der Waals surface area contributed by atoms with E-state index in [1.54, 1.807) is 24.1 Å². The fraction of sp³-hybridized carbons (Fsp3) is 0.258. The molecule has 0 radical (unpaired) electrons. The maximum Gasteiger partial charge on any atom is 0.234 e. The van der Waals surface area contributed by atoms with Gasteiger partial charge in [0.05, 0.1) is 30.2 Å². The van der Waals surface area contributed by atoms with Gasteiger partial charge in [0.2, 0.25) is 11.0 Å². The summed E-state index contributed by atoms with van der Waals surface area (Å²) in [7, 11) is 1.55. The number of methoxy groups -OCH3 is 1. The number of aromatic nitrogens is 2. The smallest absolute Gasteiger partial charge is 0.234 e. The Bertz CT molecular complexity index is 1650. The Hall–Kier alpha value is -4.40. The zero-order valence-electron chi connectivity index (χ0n) is 23.5. The van der Waals surface area contributed by atoms with E-state index in [1.165, 1.54) is 23.1 Å². The Kier molecular flexibility index (Phi) is 8.47. The monoisotopic (exact) mass is 598 g/mol. The molecule has 9 nitrogen and oxygen atoms in total. The summed E-state index contributed by atoms with van der Waals surface area (Å²) in [4.78, 5) is 27.9. The van der Waals surface area contributed by atoms with Crippen molar-refractivity contribution in [1.82, 2.24) is 10.2 Å². The van der Waals surface area contributed by atoms with Gasteiger partial charge in [-0.1, -0.05) is 91.6 Å². The Labute approximate surface area is 252 Å². The lowest BCUT2D eigenvalue weighted by molar-refractivity contribution is -0.118. The minimum atomic E-state index is -0.564. The number of para-hydroxylation sites is 2. The molecule has 2 aromatic carbocycles. The summed E-state index contributed by atoms with van der Waals surface area (Å²) in [5.41, 5.74) is 9.50. The van der Waals surface area contributed by atoms with Crippen LogP contribution in [0.5, 0.6) is 5.75 Å². The molecule has 214 valence electrons. The molecular weight excluding hydrogens is 569 g/mol. The van der Waals surface area contributed by atoms with E-state index in [4.69, 9.17) is 10.5 Å². The van der Waals surface area contributed by atoms with Crippen LogP contribution >= 0.6 is 23.1 Å². The number of anilines is 2. The second kappa shape index (κ2) is 12.2. The molecule has 5 rings (SSSR count). The number of nitrogens with one attached hydrogen (secondary N) is 1. The van der Waals surface area contributed by atoms with Crippen molar-refractivity contribution in [1.29, 1.82) is 5.26 Å². The van der Waals surface area contributed by atoms with E-state index in [0.29, 0.717) is 39.3 Å². The molecule has 1 amide bonds. The number of Topliss-reactive ketones (excluding diaryl/α,β-unsaturated/α-hetero) is 1. The zero-order valence-corrected chi connectivity index (χ0v) is 25.1. The number of carbonyl (C=O) groups is 2. The van der Waals surface area contributed by atoms with Gasteiger partial charge in [-0.3, -0.25) is 14.5 Å². The van der Waals surface area contributed by atoms with Crippen molar-refractivity contribution in [3.63, 3.8) is 0 Å². The summed E-state index contributed by atoms with van der Waals surface area (Å²) in [6.45, 7) is 4.09. The highest BCUT2D eigenvalue weighted by Gasteiger charge is 2.44. The number of hydrogen-bond donors (Lipinski definition) is 2. The SMILES string of the molecule is COc1ccccc1NC(=O)CSc1nnc(N2C(N)=C(C#N)C(/C=C/c3ccccc3)C3=C2CC(C)(C)CC3=O)s1. The van der Waals surface area contributed by atoms with Crippen LogP contribution in [-0.4, -0.2) is 34.8 Å². The predicted octanol–water partition coefficient (Wildman–Crippen LogP) is 5.76. The molecule has 0 fully saturated rings. The molecule has 42 heavy (non-hydrogen) atoms. The van der Waals surface area contributed by atoms with E-state index in [1.807, 2.05) is 68.5 Å². The van der Waals surface area contributed by atoms with Crippen molar-refractivity contribution >= 4 is 51.7 Å². The number of benzene rings is 2. The van der Waals surface area contributed by atoms with E-state index < -0.39 is 5.92 Å². The van der Waals surface area contributed by atoms with E-state index in [2.05, 4.69) is 21.6 Å². The second-order valence-corrected chi connectivity index (χ2v) is 12.9. The van der Waals surface area contributed by atoms with Gasteiger partial charge in [0.25, 0.3) is 0 Å². The Balaban J connectivity index is 1.43. The first-order valence-corrected chi connectivity index (χ1v) is 15.1. The lowest BCUT2D eigenvalue weighted by Crippen LogP contribution is -2.42. The second-order valence-electron chi connectivity index (χ2n) is 10.7. The van der Waals surface area contributed by atoms with Gasteiger partial charge >= 0.3 is 0 Å². The van der Waals surface area contributed by atoms with Crippen LogP contribution in [0.4, 0.5) is 10.8 Å². The number of allylic oxidation sites excluding steroid dienone is 4. The third-order valence-corrected chi connectivity index (χ3v) is 9.04. The Morgan fingerprint density at radius 3 is 2.69 bits per heavy atom. The van der Waals surface area contributed by atoms with Crippen LogP contribution in [0.1, 0.15) is 32.3 Å². The molecule has 0 saturated carbocycles. The lowest BCUT2D eigenvalue weighted by atomic mass is 9.70. The number of ketones is 1. The first-order chi connectivity index (χ1) is 20.2. The van der Waals surface area contributed by atoms with E-state index in [9.17, 15) is 14.9 Å². The molecule has 0 bridgehead atoms. The quantitative estimate of drug-likeness (QED) is 0.310. The van der Waals surface area contributed by atoms with Crippen LogP contribution in [0.2, 0.25) is 0 Å². The summed E-state index contributed by atoms with van der Waals surface area (Å²) in [6, 6.07) is 19.2. The number of ether oxygens (including phenoxy) is 1. The number of thioether (sulfide) groups is 1. The number of nitrogens with zero attached hydrogens (tertiary/aromatic N) is 4. The topological polar surface area (TPSA) is 134 Å². The van der Waals surface area contributed by atoms with Crippen LogP contribution in [0.25, 0.3) is 6.08 Å². The fourth-order valence-corrected chi connectivity index (χ4v) is 6.83. The highest BCUT2D eigenvalue weighted by molar-refractivity contribution is 8.01. The van der Waals surface area contributed by atoms with Crippen molar-refractivity contribution in [3.8, 4) is 11.8 Å². The minimum Gasteiger partial charge on any atom is -0.495 e. The van der Waals surface area contributed by atoms with Gasteiger partial charge in [-0.15, -0.1) is 10.2 Å². The first-order valence-electron chi connectivity index (χ1n) is 13.3. The zero-order chi connectivity index (χ0) is 29.9. The molecule has 2 aliphatic rings. The molecule has 0 saturated heterocycles. The van der Waals surface area contributed by atoms with Crippen molar-refractivity contribution in [2.75, 3.05) is 23.1 Å². The van der Waals surface area contributed by atoms with Crippen molar-refractivity contribution < 1.29 is 14.3 Å². The van der Waals surface area contributed by atoms with Crippen molar-refractivity contribution in [2.24, 2.45) is 17.1 Å². The molecule has 2 heterocycles. The van der Waals surface area contributed by atoms with Crippen molar-refractivity contribution in [2.45, 2.75) is 31.0 Å². The van der Waals surface area contributed by atoms with Gasteiger partial charge in [0.1, 0.15) is 11.6 Å². The predicted molar refractivity (Wildman–Crippen MR) is 166 cm³/mol. The molecular formula is C31H30N6O3S2. The number of nitriles is 1. The number of amides is 1. The highest BCUT2D eigenvalue weighted by atomic mass is 32.2. The molecule has 1 aliphatic heterocycles. The number of rotatable bonds is 8. The maximum atomic E-state index is 13.6. The van der Waals surface area contributed by atoms with Crippen LogP contribution in [0.15, 0.2) is 87.7 Å². The maximum absolute atomic E-state index is 13.6. The molecule has 11 heteroatoms. The third kappa shape index (κ3) is 6.10. The molecule has 3 N–H and O–H groups in total. The van der Waals surface area contributed by atoms with Gasteiger partial charge in [-0.2, -0.15) is 5.26 Å². The fourth-order valence-electron chi connectivity index (χ4n) is 5.15. The summed E-state index contributed by atoms with van der Waals surface area (Å²) in [5, 5.41) is 22.1. The summed E-state index contributed by atoms with van der Waals surface area (Å²) < 4.78 is 5.86. The van der Waals surface area contributed by atoms with Crippen LogP contribution in [-0.2, 0) is 9.59 Å². The molecule has 1 aromatic heterocycles. The molecule has 1 unspecified atom stereocenters. The van der Waals surface area contributed by atoms with E-state index in [0.717, 1.165) is 11.3 Å². The standard InChI is InChI=1S/C31H30N6O3S2/c1-31(2)15-23-27(24(38)16-31)20(14-13-19-9-5-4-6-10-19)21(17-32)28(33)37(23)29-35-36-30(42-29)41-18-26(39)34-22-11-7-8-12-25(22)40-3/h4-14,20H,15-16,18,33H2,1-3H3,(H,34,39)/b14-13+. The van der Waals surface area contributed by atoms with Gasteiger partial charge in [-0.25, -0.2) is 0 Å². The number of carbonyl (C=O) groups excluding carboxylic acids is 2. The van der Waals surface area contributed by atoms with Crippen LogP contribution in [0.3, 0.4) is 0 Å². The highest BCUT2D eigenvalue weighted by Crippen LogP contribution is 2.48. The van der Waals surface area contributed by atoms with Crippen LogP contribution < -0.4 is 20.7 Å². The van der Waals surface area contributed by atoms with Gasteiger partial charge in [0.15, 0.2) is 10.1 Å². The average Bonchev–Trinajstić information content (AvgIpc) is 3.43. The van der Waals surface area contributed by atoms with Gasteiger partial charge in [-0.05, 0) is 29.5 Å². The van der Waals surface area contributed by atoms with E-state index >= 15 is 0 Å². The average molecular weight is 599 g/mol. The van der Waals surface area contributed by atoms with Gasteiger partial charge < -0.3 is 15.8 Å². The third-order valence-electron chi connectivity index (χ3n) is 7.00. The number of hydrogen-bond acceptors (Lipinski definition) is 10. The Morgan fingerprint density at radius 1 is 1.21 bits per heavy atom. The molecule has 1 aliphatic carbocycles. The van der Waals surface area contributed by atoms with Crippen LogP contribution in [0, 0.1) is 22.7 Å². The lowest BCUT2D eigenvalue weighted by Gasteiger charge is -2.41. The minimum absolute atomic E-state index is 0.0127. The first kappa shape index (κ1) is 29.1. The largest absolute Gasteiger partial charge is 0.495 e.